The molecular formula is C23H17F4N3O5S. The van der Waals surface area contributed by atoms with E-state index in [2.05, 4.69) is 0 Å². The number of fused-ring (bicyclic) bond motifs is 1. The Morgan fingerprint density at radius 1 is 1.11 bits per heavy atom. The van der Waals surface area contributed by atoms with Crippen molar-refractivity contribution in [1.82, 2.24) is 13.7 Å². The van der Waals surface area contributed by atoms with Crippen molar-refractivity contribution in [3.63, 3.8) is 0 Å². The Morgan fingerprint density at radius 2 is 1.83 bits per heavy atom. The molecule has 0 atom stereocenters. The van der Waals surface area contributed by atoms with Crippen LogP contribution in [0.15, 0.2) is 57.0 Å². The number of nitrogens with zero attached hydrogens (tertiary/aromatic N) is 3. The molecule has 4 rings (SSSR count). The van der Waals surface area contributed by atoms with Crippen LogP contribution in [-0.2, 0) is 24.5 Å². The number of ether oxygens (including phenoxy) is 1. The lowest BCUT2D eigenvalue weighted by Gasteiger charge is -2.16. The Labute approximate surface area is 203 Å². The molecular weight excluding hydrogens is 506 g/mol. The number of carbonyl (C=O) groups excluding carboxylic acids is 1. The second-order valence-corrected chi connectivity index (χ2v) is 8.65. The molecule has 0 saturated carbocycles. The molecule has 0 aliphatic carbocycles. The molecule has 0 unspecified atom stereocenters. The summed E-state index contributed by atoms with van der Waals surface area (Å²) >= 11 is 0.963. The van der Waals surface area contributed by atoms with Crippen LogP contribution in [0, 0.1) is 5.82 Å². The second kappa shape index (κ2) is 9.22. The highest BCUT2D eigenvalue weighted by atomic mass is 32.1. The third-order valence-electron chi connectivity index (χ3n) is 5.43. The number of carbonyl (C=O) groups is 1. The fourth-order valence-electron chi connectivity index (χ4n) is 3.73. The average molecular weight is 523 g/mol. The number of thiazole rings is 1. The molecule has 8 nitrogen and oxygen atoms in total. The molecule has 0 N–H and O–H groups in total. The van der Waals surface area contributed by atoms with Gasteiger partial charge in [-0.25, -0.2) is 14.0 Å². The summed E-state index contributed by atoms with van der Waals surface area (Å²) in [4.78, 5) is 50.6. The topological polar surface area (TPSA) is 92.3 Å². The number of benzene rings is 2. The molecule has 2 aromatic carbocycles. The normalized spacial score (nSPS) is 11.7. The van der Waals surface area contributed by atoms with Gasteiger partial charge in [0.05, 0.1) is 34.6 Å². The van der Waals surface area contributed by atoms with Crippen LogP contribution >= 0.6 is 11.3 Å². The van der Waals surface area contributed by atoms with Gasteiger partial charge in [0.15, 0.2) is 0 Å². The lowest BCUT2D eigenvalue weighted by Crippen LogP contribution is -2.42. The van der Waals surface area contributed by atoms with Crippen molar-refractivity contribution >= 4 is 27.5 Å². The van der Waals surface area contributed by atoms with Crippen LogP contribution in [-0.4, -0.2) is 26.3 Å². The number of hydrogen-bond acceptors (Lipinski definition) is 6. The Hall–Kier alpha value is -4.00. The number of esters is 1. The first-order chi connectivity index (χ1) is 16.9. The lowest BCUT2D eigenvalue weighted by atomic mass is 10.1. The van der Waals surface area contributed by atoms with Crippen molar-refractivity contribution in [2.45, 2.75) is 19.6 Å². The maximum Gasteiger partial charge on any atom is 0.419 e. The molecule has 0 spiro atoms. The summed E-state index contributed by atoms with van der Waals surface area (Å²) in [6.07, 6.45) is -4.17. The molecule has 0 saturated heterocycles. The van der Waals surface area contributed by atoms with Crippen molar-refractivity contribution in [2.24, 2.45) is 7.05 Å². The van der Waals surface area contributed by atoms with Gasteiger partial charge in [0, 0.05) is 13.2 Å². The SMILES string of the molecule is CCOC(=O)c1cn(-c2ccc3sc(=O)n(C)c3c2)c(=O)n(Cc2cccc(F)c2C(F)(F)F)c1=O. The smallest absolute Gasteiger partial charge is 0.419 e. The summed E-state index contributed by atoms with van der Waals surface area (Å²) < 4.78 is 62.8. The summed E-state index contributed by atoms with van der Waals surface area (Å²) in [5.74, 6) is -2.66. The lowest BCUT2D eigenvalue weighted by molar-refractivity contribution is -0.140. The maximum atomic E-state index is 14.1. The number of hydrogen-bond donors (Lipinski definition) is 0. The van der Waals surface area contributed by atoms with E-state index in [4.69, 9.17) is 4.74 Å². The molecule has 0 fully saturated rings. The van der Waals surface area contributed by atoms with Gasteiger partial charge in [0.25, 0.3) is 5.56 Å². The first-order valence-corrected chi connectivity index (χ1v) is 11.2. The van der Waals surface area contributed by atoms with Crippen LogP contribution in [0.4, 0.5) is 17.6 Å². The van der Waals surface area contributed by atoms with E-state index in [1.807, 2.05) is 0 Å². The minimum Gasteiger partial charge on any atom is -0.462 e. The van der Waals surface area contributed by atoms with Crippen molar-refractivity contribution < 1.29 is 27.1 Å². The Balaban J connectivity index is 1.99. The van der Waals surface area contributed by atoms with Crippen LogP contribution in [0.3, 0.4) is 0 Å². The number of alkyl halides is 3. The van der Waals surface area contributed by atoms with Gasteiger partial charge < -0.3 is 9.30 Å². The number of rotatable bonds is 5. The van der Waals surface area contributed by atoms with Gasteiger partial charge in [-0.3, -0.25) is 18.7 Å². The van der Waals surface area contributed by atoms with E-state index in [1.54, 1.807) is 6.07 Å². The van der Waals surface area contributed by atoms with Crippen molar-refractivity contribution in [3.8, 4) is 5.69 Å². The highest BCUT2D eigenvalue weighted by Crippen LogP contribution is 2.34. The molecule has 4 aromatic rings. The molecule has 0 aliphatic rings. The van der Waals surface area contributed by atoms with E-state index in [-0.39, 0.29) is 17.2 Å². The van der Waals surface area contributed by atoms with E-state index >= 15 is 0 Å². The predicted octanol–water partition coefficient (Wildman–Crippen LogP) is 3.30. The van der Waals surface area contributed by atoms with Gasteiger partial charge in [-0.1, -0.05) is 23.5 Å². The molecule has 36 heavy (non-hydrogen) atoms. The number of halogens is 4. The van der Waals surface area contributed by atoms with Gasteiger partial charge in [0.2, 0.25) is 0 Å². The first kappa shape index (κ1) is 25.1. The fraction of sp³-hybridized carbons (Fsp3) is 0.217. The Bertz CT molecular complexity index is 1680. The Morgan fingerprint density at radius 3 is 2.50 bits per heavy atom. The largest absolute Gasteiger partial charge is 0.462 e. The fourth-order valence-corrected chi connectivity index (χ4v) is 4.59. The van der Waals surface area contributed by atoms with Gasteiger partial charge in [0.1, 0.15) is 11.4 Å². The molecule has 0 aliphatic heterocycles. The summed E-state index contributed by atoms with van der Waals surface area (Å²) in [6, 6.07) is 7.03. The second-order valence-electron chi connectivity index (χ2n) is 7.66. The number of aromatic nitrogens is 3. The summed E-state index contributed by atoms with van der Waals surface area (Å²) in [7, 11) is 1.52. The van der Waals surface area contributed by atoms with Gasteiger partial charge >= 0.3 is 22.7 Å². The predicted molar refractivity (Wildman–Crippen MR) is 123 cm³/mol. The minimum absolute atomic E-state index is 0.109. The zero-order valence-electron chi connectivity index (χ0n) is 18.8. The van der Waals surface area contributed by atoms with E-state index < -0.39 is 52.4 Å². The van der Waals surface area contributed by atoms with Crippen molar-refractivity contribution in [2.75, 3.05) is 6.61 Å². The Kier molecular flexibility index (Phi) is 6.43. The van der Waals surface area contributed by atoms with Crippen LogP contribution in [0.25, 0.3) is 15.9 Å². The molecule has 0 bridgehead atoms. The van der Waals surface area contributed by atoms with Gasteiger partial charge in [-0.05, 0) is 36.8 Å². The highest BCUT2D eigenvalue weighted by Gasteiger charge is 2.37. The zero-order valence-corrected chi connectivity index (χ0v) is 19.6. The van der Waals surface area contributed by atoms with E-state index in [0.29, 0.717) is 20.9 Å². The van der Waals surface area contributed by atoms with Crippen LogP contribution in [0.5, 0.6) is 0 Å². The average Bonchev–Trinajstić information content (AvgIpc) is 3.09. The maximum absolute atomic E-state index is 14.1. The van der Waals surface area contributed by atoms with E-state index in [1.165, 1.54) is 30.7 Å². The molecule has 0 radical (unpaired) electrons. The van der Waals surface area contributed by atoms with E-state index in [0.717, 1.165) is 34.2 Å². The molecule has 0 amide bonds. The van der Waals surface area contributed by atoms with Crippen LogP contribution < -0.4 is 16.1 Å². The van der Waals surface area contributed by atoms with Crippen LogP contribution in [0.2, 0.25) is 0 Å². The molecule has 188 valence electrons. The highest BCUT2D eigenvalue weighted by molar-refractivity contribution is 7.16. The quantitative estimate of drug-likeness (QED) is 0.296. The summed E-state index contributed by atoms with van der Waals surface area (Å²) in [6.45, 7) is 0.416. The molecule has 13 heteroatoms. The minimum atomic E-state index is -5.10. The number of aryl methyl sites for hydroxylation is 1. The summed E-state index contributed by atoms with van der Waals surface area (Å²) in [5.41, 5.74) is -4.60. The van der Waals surface area contributed by atoms with Crippen LogP contribution in [0.1, 0.15) is 28.4 Å². The van der Waals surface area contributed by atoms with Gasteiger partial charge in [-0.2, -0.15) is 13.2 Å². The third-order valence-corrected chi connectivity index (χ3v) is 6.44. The van der Waals surface area contributed by atoms with Crippen molar-refractivity contribution in [1.29, 1.82) is 0 Å². The standard InChI is InChI=1S/C23H17F4N3O5S/c1-3-35-20(32)14-11-29(13-7-8-17-16(9-13)28(2)22(34)36-17)21(33)30(19(14)31)10-12-5-4-6-15(24)18(12)23(25,26)27/h4-9,11H,3,10H2,1-2H3. The monoisotopic (exact) mass is 523 g/mol. The first-order valence-electron chi connectivity index (χ1n) is 10.4. The van der Waals surface area contributed by atoms with E-state index in [9.17, 15) is 36.7 Å². The molecule has 2 aromatic heterocycles. The third kappa shape index (κ3) is 4.37. The van der Waals surface area contributed by atoms with Crippen molar-refractivity contribution in [3.05, 3.63) is 95.6 Å². The summed E-state index contributed by atoms with van der Waals surface area (Å²) in [5, 5.41) is 0. The zero-order chi connectivity index (χ0) is 26.4. The molecule has 2 heterocycles. The van der Waals surface area contributed by atoms with Gasteiger partial charge in [-0.15, -0.1) is 0 Å².